The number of hydrogen-bond donors (Lipinski definition) is 1. The maximum Gasteiger partial charge on any atom is 0.221 e. The lowest BCUT2D eigenvalue weighted by molar-refractivity contribution is -0.119. The molecule has 1 unspecified atom stereocenters. The van der Waals surface area contributed by atoms with Crippen LogP contribution in [0.5, 0.6) is 0 Å². The zero-order chi connectivity index (χ0) is 9.47. The minimum Gasteiger partial charge on any atom is -0.355 e. The number of amides is 1. The summed E-state index contributed by atoms with van der Waals surface area (Å²) >= 11 is 7.41. The van der Waals surface area contributed by atoms with Gasteiger partial charge in [-0.25, -0.2) is 0 Å². The van der Waals surface area contributed by atoms with Crippen LogP contribution in [-0.2, 0) is 10.2 Å². The minimum atomic E-state index is -0.0467. The number of thiophene rings is 1. The maximum atomic E-state index is 11.1. The van der Waals surface area contributed by atoms with E-state index in [0.717, 1.165) is 10.9 Å². The van der Waals surface area contributed by atoms with Crippen LogP contribution in [0.1, 0.15) is 18.2 Å². The summed E-state index contributed by atoms with van der Waals surface area (Å²) in [5.74, 6) is 0.132. The molecule has 13 heavy (non-hydrogen) atoms. The third-order valence-electron chi connectivity index (χ3n) is 2.39. The molecule has 70 valence electrons. The van der Waals surface area contributed by atoms with Gasteiger partial charge in [0, 0.05) is 23.3 Å². The quantitative estimate of drug-likeness (QED) is 0.765. The molecule has 4 heteroatoms. The molecule has 0 saturated carbocycles. The Labute approximate surface area is 85.9 Å². The first-order valence-corrected chi connectivity index (χ1v) is 5.32. The van der Waals surface area contributed by atoms with Gasteiger partial charge in [-0.1, -0.05) is 18.5 Å². The lowest BCUT2D eigenvalue weighted by Gasteiger charge is -2.18. The van der Waals surface area contributed by atoms with Gasteiger partial charge in [-0.3, -0.25) is 4.79 Å². The number of halogens is 1. The molecule has 1 aromatic rings. The predicted molar refractivity (Wildman–Crippen MR) is 54.3 cm³/mol. The number of carbonyl (C=O) groups is 1. The lowest BCUT2D eigenvalue weighted by Crippen LogP contribution is -2.23. The molecule has 1 atom stereocenters. The van der Waals surface area contributed by atoms with E-state index < -0.39 is 0 Å². The van der Waals surface area contributed by atoms with E-state index >= 15 is 0 Å². The molecular weight excluding hydrogens is 206 g/mol. The number of carbonyl (C=O) groups excluding carboxylic acids is 1. The van der Waals surface area contributed by atoms with E-state index in [2.05, 4.69) is 12.2 Å². The average Bonchev–Trinajstić information content (AvgIpc) is 2.60. The van der Waals surface area contributed by atoms with Crippen molar-refractivity contribution in [3.63, 3.8) is 0 Å². The first-order valence-electron chi connectivity index (χ1n) is 4.13. The normalized spacial score (nSPS) is 27.7. The molecule has 1 aliphatic rings. The molecule has 1 fully saturated rings. The van der Waals surface area contributed by atoms with Crippen LogP contribution in [0.4, 0.5) is 0 Å². The molecule has 0 aliphatic carbocycles. The second kappa shape index (κ2) is 3.00. The molecule has 0 spiro atoms. The smallest absolute Gasteiger partial charge is 0.221 e. The van der Waals surface area contributed by atoms with Crippen LogP contribution in [0.25, 0.3) is 0 Å². The van der Waals surface area contributed by atoms with Crippen molar-refractivity contribution in [2.75, 3.05) is 6.54 Å². The lowest BCUT2D eigenvalue weighted by atomic mass is 9.88. The number of hydrogen-bond acceptors (Lipinski definition) is 2. The van der Waals surface area contributed by atoms with Gasteiger partial charge in [0.1, 0.15) is 0 Å². The van der Waals surface area contributed by atoms with Crippen molar-refractivity contribution in [1.82, 2.24) is 5.32 Å². The second-order valence-electron chi connectivity index (χ2n) is 3.62. The molecule has 0 bridgehead atoms. The van der Waals surface area contributed by atoms with E-state index in [4.69, 9.17) is 11.6 Å². The Kier molecular flexibility index (Phi) is 2.08. The first-order chi connectivity index (χ1) is 6.10. The highest BCUT2D eigenvalue weighted by Gasteiger charge is 2.36. The monoisotopic (exact) mass is 215 g/mol. The van der Waals surface area contributed by atoms with Gasteiger partial charge in [0.05, 0.1) is 4.34 Å². The largest absolute Gasteiger partial charge is 0.355 e. The van der Waals surface area contributed by atoms with Gasteiger partial charge in [-0.2, -0.15) is 0 Å². The molecule has 1 aliphatic heterocycles. The van der Waals surface area contributed by atoms with Gasteiger partial charge in [0.15, 0.2) is 0 Å². The summed E-state index contributed by atoms with van der Waals surface area (Å²) in [6.07, 6.45) is 0.573. The maximum absolute atomic E-state index is 11.1. The van der Waals surface area contributed by atoms with Crippen LogP contribution in [0.15, 0.2) is 12.1 Å². The summed E-state index contributed by atoms with van der Waals surface area (Å²) in [6.45, 7) is 2.82. The standard InChI is InChI=1S/C9H10ClNOS/c1-9(4-8(12)11-5-9)6-2-3-7(10)13-6/h2-3H,4-5H2,1H3,(H,11,12). The van der Waals surface area contributed by atoms with Crippen LogP contribution < -0.4 is 5.32 Å². The summed E-state index contributed by atoms with van der Waals surface area (Å²) in [5, 5.41) is 2.84. The van der Waals surface area contributed by atoms with Crippen molar-refractivity contribution in [2.24, 2.45) is 0 Å². The zero-order valence-electron chi connectivity index (χ0n) is 7.26. The summed E-state index contributed by atoms with van der Waals surface area (Å²) in [7, 11) is 0. The van der Waals surface area contributed by atoms with Gasteiger partial charge < -0.3 is 5.32 Å². The van der Waals surface area contributed by atoms with Crippen molar-refractivity contribution in [3.8, 4) is 0 Å². The third-order valence-corrected chi connectivity index (χ3v) is 3.93. The molecule has 2 rings (SSSR count). The van der Waals surface area contributed by atoms with Crippen LogP contribution in [-0.4, -0.2) is 12.5 Å². The number of nitrogens with one attached hydrogen (secondary N) is 1. The third kappa shape index (κ3) is 1.58. The van der Waals surface area contributed by atoms with E-state index in [9.17, 15) is 4.79 Å². The number of rotatable bonds is 1. The van der Waals surface area contributed by atoms with E-state index in [-0.39, 0.29) is 11.3 Å². The fourth-order valence-corrected chi connectivity index (χ4v) is 2.77. The molecule has 0 aromatic carbocycles. The van der Waals surface area contributed by atoms with Gasteiger partial charge >= 0.3 is 0 Å². The highest BCUT2D eigenvalue weighted by Crippen LogP contribution is 2.36. The molecule has 1 aromatic heterocycles. The average molecular weight is 216 g/mol. The Bertz CT molecular complexity index is 349. The van der Waals surface area contributed by atoms with E-state index in [0.29, 0.717) is 6.42 Å². The molecular formula is C9H10ClNOS. The van der Waals surface area contributed by atoms with Gasteiger partial charge in [-0.05, 0) is 12.1 Å². The summed E-state index contributed by atoms with van der Waals surface area (Å²) in [4.78, 5) is 12.3. The summed E-state index contributed by atoms with van der Waals surface area (Å²) in [5.41, 5.74) is -0.0467. The fourth-order valence-electron chi connectivity index (χ4n) is 1.59. The van der Waals surface area contributed by atoms with Crippen LogP contribution in [0.3, 0.4) is 0 Å². The van der Waals surface area contributed by atoms with Crippen molar-refractivity contribution >= 4 is 28.8 Å². The molecule has 2 heterocycles. The highest BCUT2D eigenvalue weighted by atomic mass is 35.5. The molecule has 0 radical (unpaired) electrons. The molecule has 2 nitrogen and oxygen atoms in total. The Morgan fingerprint density at radius 3 is 2.85 bits per heavy atom. The van der Waals surface area contributed by atoms with Crippen molar-refractivity contribution in [1.29, 1.82) is 0 Å². The minimum absolute atomic E-state index is 0.0467. The van der Waals surface area contributed by atoms with Gasteiger partial charge in [-0.15, -0.1) is 11.3 Å². The van der Waals surface area contributed by atoms with Crippen molar-refractivity contribution in [3.05, 3.63) is 21.3 Å². The summed E-state index contributed by atoms with van der Waals surface area (Å²) < 4.78 is 0.788. The topological polar surface area (TPSA) is 29.1 Å². The molecule has 1 saturated heterocycles. The first kappa shape index (κ1) is 9.03. The van der Waals surface area contributed by atoms with E-state index in [1.807, 2.05) is 12.1 Å². The SMILES string of the molecule is CC1(c2ccc(Cl)s2)CNC(=O)C1. The highest BCUT2D eigenvalue weighted by molar-refractivity contribution is 7.16. The van der Waals surface area contributed by atoms with Crippen molar-refractivity contribution < 1.29 is 4.79 Å². The Morgan fingerprint density at radius 1 is 1.62 bits per heavy atom. The predicted octanol–water partition coefficient (Wildman–Crippen LogP) is 2.18. The van der Waals surface area contributed by atoms with Crippen molar-refractivity contribution in [2.45, 2.75) is 18.8 Å². The molecule has 1 N–H and O–H groups in total. The molecule has 1 amide bonds. The Hall–Kier alpha value is -0.540. The van der Waals surface area contributed by atoms with Crippen LogP contribution in [0.2, 0.25) is 4.34 Å². The summed E-state index contributed by atoms with van der Waals surface area (Å²) in [6, 6.07) is 3.89. The van der Waals surface area contributed by atoms with E-state index in [1.165, 1.54) is 4.88 Å². The van der Waals surface area contributed by atoms with E-state index in [1.54, 1.807) is 11.3 Å². The van der Waals surface area contributed by atoms with Gasteiger partial charge in [0.2, 0.25) is 5.91 Å². The Morgan fingerprint density at radius 2 is 2.38 bits per heavy atom. The van der Waals surface area contributed by atoms with Crippen LogP contribution >= 0.6 is 22.9 Å². The fraction of sp³-hybridized carbons (Fsp3) is 0.444. The Balaban J connectivity index is 2.30. The van der Waals surface area contributed by atoms with Gasteiger partial charge in [0.25, 0.3) is 0 Å². The second-order valence-corrected chi connectivity index (χ2v) is 5.33. The van der Waals surface area contributed by atoms with Crippen LogP contribution in [0, 0.1) is 0 Å². The zero-order valence-corrected chi connectivity index (χ0v) is 8.84.